The first kappa shape index (κ1) is 20.6. The topological polar surface area (TPSA) is 78.4 Å². The van der Waals surface area contributed by atoms with E-state index in [-0.39, 0.29) is 12.1 Å². The highest BCUT2D eigenvalue weighted by Gasteiger charge is 2.17. The van der Waals surface area contributed by atoms with Crippen LogP contribution in [0.15, 0.2) is 66.4 Å². The number of ether oxygens (including phenoxy) is 1. The molecule has 8 heteroatoms. The van der Waals surface area contributed by atoms with Crippen LogP contribution in [-0.2, 0) is 6.42 Å². The van der Waals surface area contributed by atoms with Crippen molar-refractivity contribution in [2.45, 2.75) is 26.2 Å². The summed E-state index contributed by atoms with van der Waals surface area (Å²) in [5, 5.41) is 1.28. The van der Waals surface area contributed by atoms with E-state index < -0.39 is 11.5 Å². The minimum atomic E-state index is -0.495. The molecule has 0 atom stereocenters. The average Bonchev–Trinajstić information content (AvgIpc) is 2.91. The number of rotatable bonds is 4. The second kappa shape index (κ2) is 8.57. The van der Waals surface area contributed by atoms with Gasteiger partial charge in [-0.05, 0) is 59.0 Å². The zero-order valence-corrected chi connectivity index (χ0v) is 18.5. The lowest BCUT2D eigenvalue weighted by Gasteiger charge is -2.09. The van der Waals surface area contributed by atoms with Crippen molar-refractivity contribution in [1.82, 2.24) is 4.98 Å². The van der Waals surface area contributed by atoms with E-state index in [9.17, 15) is 9.18 Å². The van der Waals surface area contributed by atoms with Crippen molar-refractivity contribution < 1.29 is 13.5 Å². The highest BCUT2D eigenvalue weighted by atomic mass is 79.9. The Morgan fingerprint density at radius 1 is 1.40 bits per heavy atom. The summed E-state index contributed by atoms with van der Waals surface area (Å²) in [6.45, 7) is 1.85. The van der Waals surface area contributed by atoms with Gasteiger partial charge in [-0.1, -0.05) is 29.6 Å². The predicted octanol–water partition coefficient (Wildman–Crippen LogP) is 3.66. The minimum Gasteiger partial charge on any atom is -0.431 e. The van der Waals surface area contributed by atoms with E-state index in [1.807, 2.05) is 25.2 Å². The molecule has 0 saturated heterocycles. The molecule has 0 saturated carbocycles. The van der Waals surface area contributed by atoms with Gasteiger partial charge in [0.2, 0.25) is 0 Å². The van der Waals surface area contributed by atoms with Crippen molar-refractivity contribution in [3.63, 3.8) is 0 Å². The Labute approximate surface area is 184 Å². The summed E-state index contributed by atoms with van der Waals surface area (Å²) >= 11 is 4.71. The average molecular weight is 489 g/mol. The lowest BCUT2D eigenvalue weighted by atomic mass is 9.98. The van der Waals surface area contributed by atoms with Crippen molar-refractivity contribution in [3.8, 4) is 5.19 Å². The Morgan fingerprint density at radius 3 is 3.00 bits per heavy atom. The Balaban J connectivity index is 1.72. The minimum absolute atomic E-state index is 0.0651. The largest absolute Gasteiger partial charge is 0.431 e. The van der Waals surface area contributed by atoms with Gasteiger partial charge < -0.3 is 14.9 Å². The molecular weight excluding hydrogens is 471 g/mol. The van der Waals surface area contributed by atoms with Crippen molar-refractivity contribution in [2.75, 3.05) is 0 Å². The second-order valence-electron chi connectivity index (χ2n) is 6.84. The van der Waals surface area contributed by atoms with Gasteiger partial charge in [0.25, 0.3) is 5.19 Å². The molecule has 0 fully saturated rings. The maximum Gasteiger partial charge on any atom is 0.340 e. The summed E-state index contributed by atoms with van der Waals surface area (Å²) in [5.41, 5.74) is 7.38. The molecule has 5 nitrogen and oxygen atoms in total. The number of halogens is 2. The summed E-state index contributed by atoms with van der Waals surface area (Å²) in [7, 11) is 0. The van der Waals surface area contributed by atoms with Gasteiger partial charge in [0.1, 0.15) is 17.0 Å². The number of hydrogen-bond acceptors (Lipinski definition) is 6. The van der Waals surface area contributed by atoms with Gasteiger partial charge >= 0.3 is 5.63 Å². The van der Waals surface area contributed by atoms with E-state index in [1.54, 1.807) is 18.3 Å². The van der Waals surface area contributed by atoms with Gasteiger partial charge in [0, 0.05) is 23.3 Å². The molecule has 0 spiro atoms. The Morgan fingerprint density at radius 2 is 2.23 bits per heavy atom. The molecule has 0 aromatic carbocycles. The maximum atomic E-state index is 14.6. The number of nitrogens with zero attached hydrogens (tertiary/aromatic N) is 1. The molecule has 0 aliphatic heterocycles. The number of allylic oxidation sites excluding steroid dienone is 7. The van der Waals surface area contributed by atoms with E-state index in [1.165, 1.54) is 17.4 Å². The molecule has 2 N–H and O–H groups in total. The Kier molecular flexibility index (Phi) is 5.87. The summed E-state index contributed by atoms with van der Waals surface area (Å²) in [4.78, 5) is 16.9. The third-order valence-corrected chi connectivity index (χ3v) is 6.23. The molecule has 2 aliphatic rings. The molecule has 2 aromatic rings. The lowest BCUT2D eigenvalue weighted by molar-refractivity contribution is 0.437. The SMILES string of the molecule is Cc1c(CC2=C(F)C(N)=CC=CC2)c(=O)oc2c1=CCC=C(Oc1ncc(Br)s1)C=2. The fourth-order valence-electron chi connectivity index (χ4n) is 3.33. The molecule has 0 radical (unpaired) electrons. The van der Waals surface area contributed by atoms with Crippen LogP contribution in [0.4, 0.5) is 4.39 Å². The molecular formula is C22H18BrFN2O3S. The monoisotopic (exact) mass is 488 g/mol. The third kappa shape index (κ3) is 4.24. The van der Waals surface area contributed by atoms with Crippen LogP contribution in [0.25, 0.3) is 12.2 Å². The van der Waals surface area contributed by atoms with Crippen molar-refractivity contribution in [2.24, 2.45) is 5.73 Å². The van der Waals surface area contributed by atoms with Crippen LogP contribution in [-0.4, -0.2) is 4.98 Å². The molecule has 2 aromatic heterocycles. The van der Waals surface area contributed by atoms with Crippen molar-refractivity contribution in [3.05, 3.63) is 89.3 Å². The molecule has 4 rings (SSSR count). The van der Waals surface area contributed by atoms with E-state index in [0.29, 0.717) is 40.3 Å². The predicted molar refractivity (Wildman–Crippen MR) is 119 cm³/mol. The fourth-order valence-corrected chi connectivity index (χ4v) is 4.37. The van der Waals surface area contributed by atoms with Crippen LogP contribution in [0.2, 0.25) is 0 Å². The smallest absolute Gasteiger partial charge is 0.340 e. The molecule has 30 heavy (non-hydrogen) atoms. The van der Waals surface area contributed by atoms with Gasteiger partial charge in [0.05, 0.1) is 15.7 Å². The van der Waals surface area contributed by atoms with E-state index in [2.05, 4.69) is 20.9 Å². The number of thiazole rings is 1. The van der Waals surface area contributed by atoms with Crippen LogP contribution < -0.4 is 26.7 Å². The van der Waals surface area contributed by atoms with Gasteiger partial charge in [-0.3, -0.25) is 0 Å². The van der Waals surface area contributed by atoms with Crippen LogP contribution in [0, 0.1) is 6.92 Å². The summed E-state index contributed by atoms with van der Waals surface area (Å²) < 4.78 is 26.8. The van der Waals surface area contributed by atoms with E-state index in [4.69, 9.17) is 14.9 Å². The molecule has 2 heterocycles. The first-order chi connectivity index (χ1) is 14.4. The quantitative estimate of drug-likeness (QED) is 0.710. The second-order valence-corrected chi connectivity index (χ2v) is 9.22. The highest BCUT2D eigenvalue weighted by Crippen LogP contribution is 2.27. The zero-order chi connectivity index (χ0) is 21.3. The number of hydrogen-bond donors (Lipinski definition) is 1. The Bertz CT molecular complexity index is 1310. The molecule has 2 aliphatic carbocycles. The summed E-state index contributed by atoms with van der Waals surface area (Å²) in [6.07, 6.45) is 13.4. The number of fused-ring (bicyclic) bond motifs is 1. The first-order valence-electron chi connectivity index (χ1n) is 9.26. The normalized spacial score (nSPS) is 16.0. The van der Waals surface area contributed by atoms with Gasteiger partial charge in [-0.25, -0.2) is 14.2 Å². The number of aromatic nitrogens is 1. The Hall–Kier alpha value is -2.71. The molecule has 0 amide bonds. The maximum absolute atomic E-state index is 14.6. The summed E-state index contributed by atoms with van der Waals surface area (Å²) in [6, 6.07) is 0. The van der Waals surface area contributed by atoms with Crippen LogP contribution in [0.3, 0.4) is 0 Å². The van der Waals surface area contributed by atoms with E-state index >= 15 is 0 Å². The summed E-state index contributed by atoms with van der Waals surface area (Å²) in [5.74, 6) is 0.0685. The molecule has 0 bridgehead atoms. The van der Waals surface area contributed by atoms with E-state index in [0.717, 1.165) is 14.6 Å². The first-order valence-corrected chi connectivity index (χ1v) is 10.9. The van der Waals surface area contributed by atoms with Gasteiger partial charge in [-0.15, -0.1) is 0 Å². The zero-order valence-electron chi connectivity index (χ0n) is 16.1. The highest BCUT2D eigenvalue weighted by molar-refractivity contribution is 9.11. The van der Waals surface area contributed by atoms with Gasteiger partial charge in [-0.2, -0.15) is 0 Å². The van der Waals surface area contributed by atoms with Crippen molar-refractivity contribution in [1.29, 1.82) is 0 Å². The van der Waals surface area contributed by atoms with Crippen LogP contribution in [0.5, 0.6) is 5.19 Å². The molecule has 0 unspecified atom stereocenters. The standard InChI is InChI=1S/C22H18BrFN2O3S/c1-12-15-7-4-6-14(28-22-26-11-19(23)30-22)10-18(15)29-21(27)16(12)9-13-5-2-3-8-17(25)20(13)24/h2-3,6-8,10-11H,4-5,9,25H2,1H3. The van der Waals surface area contributed by atoms with Crippen LogP contribution in [0.1, 0.15) is 24.0 Å². The fraction of sp³-hybridized carbons (Fsp3) is 0.182. The van der Waals surface area contributed by atoms with Gasteiger partial charge in [0.15, 0.2) is 0 Å². The lowest BCUT2D eigenvalue weighted by Crippen LogP contribution is -2.34. The third-order valence-electron chi connectivity index (χ3n) is 4.88. The van der Waals surface area contributed by atoms with Crippen LogP contribution >= 0.6 is 27.3 Å². The molecule has 154 valence electrons. The number of nitrogens with two attached hydrogens (primary N) is 1. The van der Waals surface area contributed by atoms with Crippen molar-refractivity contribution >= 4 is 39.4 Å².